The number of phenols is 1. The highest BCUT2D eigenvalue weighted by atomic mass is 79.9. The standard InChI is InChI=1S/C18H19BrN2O4/c1-3-8-25-14-6-4-12(5-7-14)18(23)21-20-11-13-9-15(24-2)10-16(19)17(13)22/h4-7,9-11,22H,3,8H2,1-2H3,(H,21,23)/b20-11+. The van der Waals surface area contributed by atoms with Gasteiger partial charge in [0, 0.05) is 11.1 Å². The molecule has 0 atom stereocenters. The molecule has 0 aromatic heterocycles. The van der Waals surface area contributed by atoms with E-state index in [2.05, 4.69) is 26.5 Å². The summed E-state index contributed by atoms with van der Waals surface area (Å²) in [6, 6.07) is 10.0. The lowest BCUT2D eigenvalue weighted by atomic mass is 10.2. The van der Waals surface area contributed by atoms with Gasteiger partial charge in [-0.3, -0.25) is 4.79 Å². The molecule has 2 N–H and O–H groups in total. The zero-order chi connectivity index (χ0) is 18.2. The average molecular weight is 407 g/mol. The van der Waals surface area contributed by atoms with Crippen LogP contribution in [0.3, 0.4) is 0 Å². The second kappa shape index (κ2) is 9.08. The molecular weight excluding hydrogens is 388 g/mol. The van der Waals surface area contributed by atoms with Crippen molar-refractivity contribution in [1.29, 1.82) is 0 Å². The Morgan fingerprint density at radius 1 is 1.28 bits per heavy atom. The lowest BCUT2D eigenvalue weighted by molar-refractivity contribution is 0.0955. The minimum absolute atomic E-state index is 0.0104. The first-order valence-corrected chi connectivity index (χ1v) is 8.47. The van der Waals surface area contributed by atoms with E-state index in [4.69, 9.17) is 9.47 Å². The van der Waals surface area contributed by atoms with Crippen LogP contribution in [-0.4, -0.2) is 30.9 Å². The highest BCUT2D eigenvalue weighted by Crippen LogP contribution is 2.31. The fraction of sp³-hybridized carbons (Fsp3) is 0.222. The third-order valence-corrected chi connectivity index (χ3v) is 3.87. The number of nitrogens with one attached hydrogen (secondary N) is 1. The molecule has 0 spiro atoms. The molecule has 0 aliphatic heterocycles. The number of carbonyl (C=O) groups is 1. The Morgan fingerprint density at radius 3 is 2.64 bits per heavy atom. The predicted octanol–water partition coefficient (Wildman–Crippen LogP) is 3.72. The van der Waals surface area contributed by atoms with Gasteiger partial charge in [0.1, 0.15) is 17.2 Å². The molecule has 2 aromatic rings. The summed E-state index contributed by atoms with van der Waals surface area (Å²) in [6.45, 7) is 2.66. The molecule has 132 valence electrons. The van der Waals surface area contributed by atoms with Gasteiger partial charge in [-0.15, -0.1) is 0 Å². The summed E-state index contributed by atoms with van der Waals surface area (Å²) in [6.07, 6.45) is 2.27. The number of phenolic OH excluding ortho intramolecular Hbond substituents is 1. The summed E-state index contributed by atoms with van der Waals surface area (Å²) in [5.74, 6) is 0.921. The molecule has 0 fully saturated rings. The van der Waals surface area contributed by atoms with E-state index in [9.17, 15) is 9.90 Å². The summed E-state index contributed by atoms with van der Waals surface area (Å²) < 4.78 is 11.1. The average Bonchev–Trinajstić information content (AvgIpc) is 2.63. The lowest BCUT2D eigenvalue weighted by Crippen LogP contribution is -2.17. The van der Waals surface area contributed by atoms with Crippen LogP contribution in [0.2, 0.25) is 0 Å². The molecule has 1 amide bonds. The molecular formula is C18H19BrN2O4. The van der Waals surface area contributed by atoms with Gasteiger partial charge in [0.15, 0.2) is 0 Å². The third kappa shape index (κ3) is 5.22. The number of ether oxygens (including phenoxy) is 2. The highest BCUT2D eigenvalue weighted by molar-refractivity contribution is 9.10. The van der Waals surface area contributed by atoms with Gasteiger partial charge >= 0.3 is 0 Å². The van der Waals surface area contributed by atoms with E-state index in [0.29, 0.717) is 33.7 Å². The zero-order valence-electron chi connectivity index (χ0n) is 14.0. The Bertz CT molecular complexity index is 760. The summed E-state index contributed by atoms with van der Waals surface area (Å²) in [7, 11) is 1.52. The van der Waals surface area contributed by atoms with Crippen molar-refractivity contribution < 1.29 is 19.4 Å². The second-order valence-corrected chi connectivity index (χ2v) is 5.97. The van der Waals surface area contributed by atoms with Crippen LogP contribution in [0, 0.1) is 0 Å². The van der Waals surface area contributed by atoms with Gasteiger partial charge in [-0.05, 0) is 58.7 Å². The second-order valence-electron chi connectivity index (χ2n) is 5.12. The van der Waals surface area contributed by atoms with Crippen molar-refractivity contribution in [1.82, 2.24) is 5.43 Å². The number of hydrazone groups is 1. The molecule has 0 saturated heterocycles. The number of aromatic hydroxyl groups is 1. The van der Waals surface area contributed by atoms with Gasteiger partial charge in [0.05, 0.1) is 24.4 Å². The molecule has 0 aliphatic carbocycles. The smallest absolute Gasteiger partial charge is 0.271 e. The van der Waals surface area contributed by atoms with Crippen LogP contribution < -0.4 is 14.9 Å². The molecule has 6 nitrogen and oxygen atoms in total. The first kappa shape index (κ1) is 18.8. The molecule has 0 aliphatic rings. The molecule has 0 saturated carbocycles. The summed E-state index contributed by atoms with van der Waals surface area (Å²) in [5, 5.41) is 13.9. The monoisotopic (exact) mass is 406 g/mol. The number of rotatable bonds is 7. The van der Waals surface area contributed by atoms with Gasteiger partial charge in [-0.2, -0.15) is 5.10 Å². The Kier molecular flexibility index (Phi) is 6.82. The van der Waals surface area contributed by atoms with Crippen LogP contribution in [0.5, 0.6) is 17.2 Å². The molecule has 7 heteroatoms. The number of carbonyl (C=O) groups excluding carboxylic acids is 1. The minimum Gasteiger partial charge on any atom is -0.506 e. The number of halogens is 1. The van der Waals surface area contributed by atoms with Crippen LogP contribution in [0.4, 0.5) is 0 Å². The summed E-state index contributed by atoms with van der Waals surface area (Å²) >= 11 is 3.23. The topological polar surface area (TPSA) is 80.2 Å². The van der Waals surface area contributed by atoms with Gasteiger partial charge in [-0.25, -0.2) is 5.43 Å². The van der Waals surface area contributed by atoms with E-state index >= 15 is 0 Å². The fourth-order valence-electron chi connectivity index (χ4n) is 1.96. The maximum atomic E-state index is 12.1. The van der Waals surface area contributed by atoms with E-state index in [-0.39, 0.29) is 11.7 Å². The van der Waals surface area contributed by atoms with Crippen molar-refractivity contribution in [2.75, 3.05) is 13.7 Å². The lowest BCUT2D eigenvalue weighted by Gasteiger charge is -2.06. The van der Waals surface area contributed by atoms with Gasteiger partial charge in [-0.1, -0.05) is 6.92 Å². The van der Waals surface area contributed by atoms with Gasteiger partial charge in [0.25, 0.3) is 5.91 Å². The fourth-order valence-corrected chi connectivity index (χ4v) is 2.41. The van der Waals surface area contributed by atoms with Gasteiger partial charge < -0.3 is 14.6 Å². The van der Waals surface area contributed by atoms with Crippen molar-refractivity contribution in [2.45, 2.75) is 13.3 Å². The number of methoxy groups -OCH3 is 1. The van der Waals surface area contributed by atoms with Crippen molar-refractivity contribution in [3.63, 3.8) is 0 Å². The number of hydrogen-bond donors (Lipinski definition) is 2. The van der Waals surface area contributed by atoms with Crippen LogP contribution >= 0.6 is 15.9 Å². The van der Waals surface area contributed by atoms with E-state index in [1.165, 1.54) is 13.3 Å². The maximum absolute atomic E-state index is 12.1. The van der Waals surface area contributed by atoms with Crippen molar-refractivity contribution in [3.8, 4) is 17.2 Å². The molecule has 0 bridgehead atoms. The number of benzene rings is 2. The predicted molar refractivity (Wildman–Crippen MR) is 99.6 cm³/mol. The first-order valence-electron chi connectivity index (χ1n) is 7.68. The maximum Gasteiger partial charge on any atom is 0.271 e. The Balaban J connectivity index is 2.02. The number of hydrogen-bond acceptors (Lipinski definition) is 5. The molecule has 25 heavy (non-hydrogen) atoms. The highest BCUT2D eigenvalue weighted by Gasteiger charge is 2.08. The zero-order valence-corrected chi connectivity index (χ0v) is 15.5. The normalized spacial score (nSPS) is 10.7. The SMILES string of the molecule is CCCOc1ccc(C(=O)N/N=C/c2cc(OC)cc(Br)c2O)cc1. The molecule has 2 rings (SSSR count). The molecule has 0 unspecified atom stereocenters. The molecule has 0 radical (unpaired) electrons. The van der Waals surface area contributed by atoms with Crippen LogP contribution in [0.15, 0.2) is 46.0 Å². The summed E-state index contributed by atoms with van der Waals surface area (Å²) in [4.78, 5) is 12.1. The van der Waals surface area contributed by atoms with E-state index in [1.807, 2.05) is 6.92 Å². The van der Waals surface area contributed by atoms with Crippen molar-refractivity contribution in [2.24, 2.45) is 5.10 Å². The van der Waals surface area contributed by atoms with Crippen molar-refractivity contribution in [3.05, 3.63) is 52.0 Å². The molecule has 0 heterocycles. The van der Waals surface area contributed by atoms with Crippen LogP contribution in [-0.2, 0) is 0 Å². The number of amides is 1. The van der Waals surface area contributed by atoms with E-state index < -0.39 is 0 Å². The first-order chi connectivity index (χ1) is 12.0. The Labute approximate surface area is 154 Å². The van der Waals surface area contributed by atoms with Crippen molar-refractivity contribution >= 4 is 28.1 Å². The van der Waals surface area contributed by atoms with Crippen LogP contribution in [0.25, 0.3) is 0 Å². The van der Waals surface area contributed by atoms with Crippen LogP contribution in [0.1, 0.15) is 29.3 Å². The summed E-state index contributed by atoms with van der Waals surface area (Å²) in [5.41, 5.74) is 3.28. The Hall–Kier alpha value is -2.54. The largest absolute Gasteiger partial charge is 0.506 e. The van der Waals surface area contributed by atoms with E-state index in [0.717, 1.165) is 6.42 Å². The number of nitrogens with zero attached hydrogens (tertiary/aromatic N) is 1. The third-order valence-electron chi connectivity index (χ3n) is 3.26. The minimum atomic E-state index is -0.361. The van der Waals surface area contributed by atoms with Gasteiger partial charge in [0.2, 0.25) is 0 Å². The quantitative estimate of drug-likeness (QED) is 0.542. The van der Waals surface area contributed by atoms with E-state index in [1.54, 1.807) is 36.4 Å². The molecule has 2 aromatic carbocycles. The Morgan fingerprint density at radius 2 is 2.00 bits per heavy atom.